The number of nitrogens with zero attached hydrogens (tertiary/aromatic N) is 2. The highest BCUT2D eigenvalue weighted by Gasteiger charge is 2.38. The molecule has 3 fully saturated rings. The Morgan fingerprint density at radius 1 is 1.44 bits per heavy atom. The molecule has 0 aromatic heterocycles. The molecule has 0 spiro atoms. The van der Waals surface area contributed by atoms with Crippen molar-refractivity contribution in [1.29, 1.82) is 0 Å². The molecular weight excluding hydrogens is 230 g/mol. The lowest BCUT2D eigenvalue weighted by atomic mass is 10.2. The van der Waals surface area contributed by atoms with Gasteiger partial charge >= 0.3 is 0 Å². The molecule has 102 valence electrons. The average molecular weight is 253 g/mol. The van der Waals surface area contributed by atoms with E-state index in [-0.39, 0.29) is 24.2 Å². The molecule has 1 amide bonds. The van der Waals surface area contributed by atoms with Gasteiger partial charge in [-0.3, -0.25) is 15.0 Å². The van der Waals surface area contributed by atoms with Crippen molar-refractivity contribution in [2.75, 3.05) is 26.2 Å². The van der Waals surface area contributed by atoms with Gasteiger partial charge in [0.15, 0.2) is 0 Å². The first-order chi connectivity index (χ1) is 8.65. The lowest BCUT2D eigenvalue weighted by Gasteiger charge is -2.37. The zero-order valence-electron chi connectivity index (χ0n) is 11.3. The van der Waals surface area contributed by atoms with Crippen LogP contribution in [-0.4, -0.2) is 66.3 Å². The van der Waals surface area contributed by atoms with Crippen LogP contribution in [0.5, 0.6) is 0 Å². The van der Waals surface area contributed by atoms with E-state index in [1.807, 2.05) is 18.7 Å². The average Bonchev–Trinajstić information content (AvgIpc) is 2.89. The molecule has 0 aromatic rings. The van der Waals surface area contributed by atoms with Crippen LogP contribution in [0.15, 0.2) is 0 Å². The van der Waals surface area contributed by atoms with Crippen molar-refractivity contribution in [1.82, 2.24) is 15.1 Å². The molecule has 3 rings (SSSR count). The van der Waals surface area contributed by atoms with E-state index in [0.29, 0.717) is 6.04 Å². The summed E-state index contributed by atoms with van der Waals surface area (Å²) in [6.07, 6.45) is 2.87. The Morgan fingerprint density at radius 2 is 2.28 bits per heavy atom. The summed E-state index contributed by atoms with van der Waals surface area (Å²) in [7, 11) is 0. The van der Waals surface area contributed by atoms with E-state index in [2.05, 4.69) is 10.2 Å². The standard InChI is InChI=1S/C13H23N3O2/c1-9-13(17)16(10(2)14-9)7-12-6-15-5-3-4-11(15)8-18-12/h9-12,14H,3-8H2,1-2H3. The van der Waals surface area contributed by atoms with Crippen molar-refractivity contribution < 1.29 is 9.53 Å². The summed E-state index contributed by atoms with van der Waals surface area (Å²) in [4.78, 5) is 16.5. The number of carbonyl (C=O) groups is 1. The molecule has 4 atom stereocenters. The number of ether oxygens (including phenoxy) is 1. The number of fused-ring (bicyclic) bond motifs is 1. The zero-order chi connectivity index (χ0) is 12.7. The summed E-state index contributed by atoms with van der Waals surface area (Å²) in [5, 5.41) is 3.26. The van der Waals surface area contributed by atoms with Gasteiger partial charge in [-0.05, 0) is 33.2 Å². The van der Waals surface area contributed by atoms with Gasteiger partial charge in [0.2, 0.25) is 5.91 Å². The van der Waals surface area contributed by atoms with Crippen LogP contribution in [-0.2, 0) is 9.53 Å². The summed E-state index contributed by atoms with van der Waals surface area (Å²) in [5.74, 6) is 0.203. The van der Waals surface area contributed by atoms with Gasteiger partial charge in [-0.1, -0.05) is 0 Å². The molecule has 0 aromatic carbocycles. The van der Waals surface area contributed by atoms with Crippen molar-refractivity contribution in [2.24, 2.45) is 0 Å². The van der Waals surface area contributed by atoms with Crippen LogP contribution in [0.3, 0.4) is 0 Å². The molecule has 3 saturated heterocycles. The molecule has 0 saturated carbocycles. The molecule has 18 heavy (non-hydrogen) atoms. The molecule has 3 heterocycles. The maximum absolute atomic E-state index is 12.0. The predicted octanol–water partition coefficient (Wildman–Crippen LogP) is 0.0159. The highest BCUT2D eigenvalue weighted by atomic mass is 16.5. The van der Waals surface area contributed by atoms with E-state index >= 15 is 0 Å². The Bertz CT molecular complexity index is 336. The number of amides is 1. The Morgan fingerprint density at radius 3 is 3.00 bits per heavy atom. The second-order valence-electron chi connectivity index (χ2n) is 5.80. The third kappa shape index (κ3) is 2.15. The Kier molecular flexibility index (Phi) is 3.30. The molecule has 0 bridgehead atoms. The summed E-state index contributed by atoms with van der Waals surface area (Å²) in [6, 6.07) is 0.577. The minimum atomic E-state index is -0.0527. The van der Waals surface area contributed by atoms with E-state index in [1.54, 1.807) is 0 Å². The van der Waals surface area contributed by atoms with Crippen LogP contribution in [0.25, 0.3) is 0 Å². The number of hydrogen-bond acceptors (Lipinski definition) is 4. The highest BCUT2D eigenvalue weighted by molar-refractivity contribution is 5.83. The summed E-state index contributed by atoms with van der Waals surface area (Å²) >= 11 is 0. The third-order valence-corrected chi connectivity index (χ3v) is 4.47. The van der Waals surface area contributed by atoms with Crippen molar-refractivity contribution in [3.05, 3.63) is 0 Å². The second kappa shape index (κ2) is 4.79. The monoisotopic (exact) mass is 253 g/mol. The van der Waals surface area contributed by atoms with Crippen molar-refractivity contribution in [3.8, 4) is 0 Å². The second-order valence-corrected chi connectivity index (χ2v) is 5.80. The van der Waals surface area contributed by atoms with Crippen LogP contribution in [0.4, 0.5) is 0 Å². The Hall–Kier alpha value is -0.650. The van der Waals surface area contributed by atoms with Crippen molar-refractivity contribution in [2.45, 2.75) is 51.0 Å². The molecule has 5 nitrogen and oxygen atoms in total. The first-order valence-electron chi connectivity index (χ1n) is 7.07. The van der Waals surface area contributed by atoms with E-state index in [0.717, 1.165) is 19.7 Å². The molecule has 0 aliphatic carbocycles. The number of nitrogens with one attached hydrogen (secondary N) is 1. The number of morpholine rings is 1. The van der Waals surface area contributed by atoms with Crippen LogP contribution >= 0.6 is 0 Å². The van der Waals surface area contributed by atoms with Crippen LogP contribution in [0.2, 0.25) is 0 Å². The quantitative estimate of drug-likeness (QED) is 0.753. The van der Waals surface area contributed by atoms with Gasteiger partial charge in [0.05, 0.1) is 24.9 Å². The van der Waals surface area contributed by atoms with Crippen LogP contribution < -0.4 is 5.32 Å². The number of carbonyl (C=O) groups excluding carboxylic acids is 1. The van der Waals surface area contributed by atoms with Gasteiger partial charge < -0.3 is 9.64 Å². The molecule has 5 heteroatoms. The topological polar surface area (TPSA) is 44.8 Å². The normalized spacial score (nSPS) is 41.4. The minimum Gasteiger partial charge on any atom is -0.373 e. The molecule has 3 aliphatic heterocycles. The van der Waals surface area contributed by atoms with E-state index in [1.165, 1.54) is 19.4 Å². The smallest absolute Gasteiger partial charge is 0.240 e. The van der Waals surface area contributed by atoms with Gasteiger partial charge in [-0.25, -0.2) is 0 Å². The minimum absolute atomic E-state index is 0.0527. The van der Waals surface area contributed by atoms with Gasteiger partial charge in [0.1, 0.15) is 0 Å². The number of rotatable bonds is 2. The SMILES string of the molecule is CC1NC(C)N(CC2CN3CCCC3CO2)C1=O. The largest absolute Gasteiger partial charge is 0.373 e. The van der Waals surface area contributed by atoms with Crippen LogP contribution in [0.1, 0.15) is 26.7 Å². The third-order valence-electron chi connectivity index (χ3n) is 4.47. The Balaban J connectivity index is 1.58. The maximum atomic E-state index is 12.0. The molecule has 4 unspecified atom stereocenters. The number of hydrogen-bond donors (Lipinski definition) is 1. The predicted molar refractivity (Wildman–Crippen MR) is 68.1 cm³/mol. The fourth-order valence-corrected chi connectivity index (χ4v) is 3.43. The van der Waals surface area contributed by atoms with Crippen LogP contribution in [0, 0.1) is 0 Å². The van der Waals surface area contributed by atoms with Crippen molar-refractivity contribution in [3.63, 3.8) is 0 Å². The zero-order valence-corrected chi connectivity index (χ0v) is 11.3. The molecule has 1 N–H and O–H groups in total. The molecular formula is C13H23N3O2. The summed E-state index contributed by atoms with van der Waals surface area (Å²) in [6.45, 7) is 7.71. The van der Waals surface area contributed by atoms with Crippen molar-refractivity contribution >= 4 is 5.91 Å². The fraction of sp³-hybridized carbons (Fsp3) is 0.923. The lowest BCUT2D eigenvalue weighted by molar-refractivity contribution is -0.133. The summed E-state index contributed by atoms with van der Waals surface area (Å²) < 4.78 is 5.92. The lowest BCUT2D eigenvalue weighted by Crippen LogP contribution is -2.51. The first-order valence-corrected chi connectivity index (χ1v) is 7.07. The van der Waals surface area contributed by atoms with Gasteiger partial charge in [0.25, 0.3) is 0 Å². The summed E-state index contributed by atoms with van der Waals surface area (Å²) in [5.41, 5.74) is 0. The van der Waals surface area contributed by atoms with Gasteiger partial charge in [-0.15, -0.1) is 0 Å². The Labute approximate surface area is 108 Å². The van der Waals surface area contributed by atoms with E-state index in [4.69, 9.17) is 4.74 Å². The highest BCUT2D eigenvalue weighted by Crippen LogP contribution is 2.23. The van der Waals surface area contributed by atoms with Gasteiger partial charge in [0, 0.05) is 19.1 Å². The molecule has 3 aliphatic rings. The first kappa shape index (κ1) is 12.4. The maximum Gasteiger partial charge on any atom is 0.240 e. The fourth-order valence-electron chi connectivity index (χ4n) is 3.43. The van der Waals surface area contributed by atoms with E-state index < -0.39 is 0 Å². The molecule has 0 radical (unpaired) electrons. The van der Waals surface area contributed by atoms with Gasteiger partial charge in [-0.2, -0.15) is 0 Å². The van der Waals surface area contributed by atoms with E-state index in [9.17, 15) is 4.79 Å².